The molecule has 0 heterocycles. The van der Waals surface area contributed by atoms with Gasteiger partial charge in [0.15, 0.2) is 0 Å². The summed E-state index contributed by atoms with van der Waals surface area (Å²) in [5.41, 5.74) is 1.08. The summed E-state index contributed by atoms with van der Waals surface area (Å²) in [5, 5.41) is 6.34. The molecule has 1 aromatic carbocycles. The second kappa shape index (κ2) is 7.29. The molecule has 0 aliphatic heterocycles. The Morgan fingerprint density at radius 2 is 1.95 bits per heavy atom. The first-order valence-electron chi connectivity index (χ1n) is 7.35. The predicted molar refractivity (Wildman–Crippen MR) is 79.8 cm³/mol. The van der Waals surface area contributed by atoms with Gasteiger partial charge in [-0.2, -0.15) is 0 Å². The van der Waals surface area contributed by atoms with E-state index in [0.29, 0.717) is 12.6 Å². The van der Waals surface area contributed by atoms with Crippen LogP contribution in [-0.2, 0) is 4.79 Å². The van der Waals surface area contributed by atoms with Crippen molar-refractivity contribution in [1.29, 1.82) is 0 Å². The maximum atomic E-state index is 11.9. The molecule has 4 nitrogen and oxygen atoms in total. The summed E-state index contributed by atoms with van der Waals surface area (Å²) in [6.45, 7) is 2.40. The Labute approximate surface area is 120 Å². The number of nitrogens with one attached hydrogen (secondary N) is 2. The zero-order valence-corrected chi connectivity index (χ0v) is 12.3. The predicted octanol–water partition coefficient (Wildman–Crippen LogP) is 2.40. The van der Waals surface area contributed by atoms with Crippen LogP contribution in [0.25, 0.3) is 0 Å². The molecule has 2 rings (SSSR count). The van der Waals surface area contributed by atoms with Gasteiger partial charge in [-0.05, 0) is 37.5 Å². The van der Waals surface area contributed by atoms with Crippen molar-refractivity contribution in [3.8, 4) is 5.75 Å². The molecular formula is C16H24N2O2. The van der Waals surface area contributed by atoms with Crippen LogP contribution in [-0.4, -0.2) is 25.6 Å². The zero-order chi connectivity index (χ0) is 14.4. The van der Waals surface area contributed by atoms with Gasteiger partial charge in [-0.15, -0.1) is 0 Å². The van der Waals surface area contributed by atoms with Crippen LogP contribution in [0.3, 0.4) is 0 Å². The van der Waals surface area contributed by atoms with Crippen molar-refractivity contribution in [2.75, 3.05) is 13.7 Å². The third-order valence-corrected chi connectivity index (χ3v) is 3.90. The van der Waals surface area contributed by atoms with Crippen LogP contribution < -0.4 is 15.4 Å². The number of methoxy groups -OCH3 is 1. The zero-order valence-electron chi connectivity index (χ0n) is 12.3. The monoisotopic (exact) mass is 276 g/mol. The van der Waals surface area contributed by atoms with Crippen LogP contribution >= 0.6 is 0 Å². The second-order valence-corrected chi connectivity index (χ2v) is 5.42. The summed E-state index contributed by atoms with van der Waals surface area (Å²) in [6, 6.07) is 8.32. The average Bonchev–Trinajstić information content (AvgIpc) is 2.98. The lowest BCUT2D eigenvalue weighted by Crippen LogP contribution is -2.39. The highest BCUT2D eigenvalue weighted by Crippen LogP contribution is 2.18. The van der Waals surface area contributed by atoms with Crippen LogP contribution in [0, 0.1) is 0 Å². The van der Waals surface area contributed by atoms with Gasteiger partial charge in [0.25, 0.3) is 0 Å². The summed E-state index contributed by atoms with van der Waals surface area (Å²) in [6.07, 6.45) is 4.95. The van der Waals surface area contributed by atoms with Crippen LogP contribution in [0.15, 0.2) is 24.3 Å². The largest absolute Gasteiger partial charge is 0.497 e. The lowest BCUT2D eigenvalue weighted by molar-refractivity contribution is -0.121. The highest BCUT2D eigenvalue weighted by Gasteiger charge is 2.16. The van der Waals surface area contributed by atoms with E-state index in [0.717, 1.165) is 11.3 Å². The van der Waals surface area contributed by atoms with Crippen molar-refractivity contribution in [3.05, 3.63) is 29.8 Å². The molecule has 110 valence electrons. The number of amides is 1. The third kappa shape index (κ3) is 4.23. The smallest absolute Gasteiger partial charge is 0.234 e. The van der Waals surface area contributed by atoms with Gasteiger partial charge in [0.2, 0.25) is 5.91 Å². The van der Waals surface area contributed by atoms with Gasteiger partial charge < -0.3 is 15.4 Å². The van der Waals surface area contributed by atoms with Crippen molar-refractivity contribution < 1.29 is 9.53 Å². The minimum atomic E-state index is 0.0128. The Balaban J connectivity index is 1.77. The molecule has 0 aromatic heterocycles. The first kappa shape index (κ1) is 14.9. The molecule has 1 aliphatic rings. The molecule has 1 amide bonds. The number of rotatable bonds is 6. The molecule has 1 aliphatic carbocycles. The van der Waals surface area contributed by atoms with Gasteiger partial charge in [-0.3, -0.25) is 4.79 Å². The molecule has 1 atom stereocenters. The van der Waals surface area contributed by atoms with E-state index in [1.165, 1.54) is 25.7 Å². The quantitative estimate of drug-likeness (QED) is 0.839. The molecule has 20 heavy (non-hydrogen) atoms. The number of hydrogen-bond acceptors (Lipinski definition) is 3. The van der Waals surface area contributed by atoms with Gasteiger partial charge in [0.05, 0.1) is 19.7 Å². The number of hydrogen-bond donors (Lipinski definition) is 2. The minimum absolute atomic E-state index is 0.0128. The Kier molecular flexibility index (Phi) is 5.41. The topological polar surface area (TPSA) is 50.4 Å². The van der Waals surface area contributed by atoms with E-state index < -0.39 is 0 Å². The number of benzene rings is 1. The molecule has 1 aromatic rings. The van der Waals surface area contributed by atoms with Gasteiger partial charge in [-0.25, -0.2) is 0 Å². The Hall–Kier alpha value is -1.55. The minimum Gasteiger partial charge on any atom is -0.497 e. The fourth-order valence-electron chi connectivity index (χ4n) is 2.64. The molecule has 1 saturated carbocycles. The Morgan fingerprint density at radius 3 is 2.55 bits per heavy atom. The molecule has 0 radical (unpaired) electrons. The number of carbonyl (C=O) groups excluding carboxylic acids is 1. The van der Waals surface area contributed by atoms with Crippen LogP contribution in [0.5, 0.6) is 5.75 Å². The van der Waals surface area contributed by atoms with Gasteiger partial charge in [-0.1, -0.05) is 25.0 Å². The highest BCUT2D eigenvalue weighted by molar-refractivity contribution is 5.78. The van der Waals surface area contributed by atoms with E-state index >= 15 is 0 Å². The molecular weight excluding hydrogens is 252 g/mol. The van der Waals surface area contributed by atoms with E-state index in [4.69, 9.17) is 4.74 Å². The van der Waals surface area contributed by atoms with E-state index in [-0.39, 0.29) is 11.9 Å². The van der Waals surface area contributed by atoms with Gasteiger partial charge >= 0.3 is 0 Å². The normalized spacial score (nSPS) is 16.9. The van der Waals surface area contributed by atoms with Crippen molar-refractivity contribution in [2.45, 2.75) is 44.7 Å². The maximum absolute atomic E-state index is 11.9. The molecule has 0 unspecified atom stereocenters. The van der Waals surface area contributed by atoms with Crippen molar-refractivity contribution in [3.63, 3.8) is 0 Å². The van der Waals surface area contributed by atoms with Crippen LogP contribution in [0.2, 0.25) is 0 Å². The lowest BCUT2D eigenvalue weighted by Gasteiger charge is -2.16. The fraction of sp³-hybridized carbons (Fsp3) is 0.562. The van der Waals surface area contributed by atoms with Crippen molar-refractivity contribution in [2.24, 2.45) is 0 Å². The molecule has 0 saturated heterocycles. The SMILES string of the molecule is COc1ccc([C@H](C)NC(=O)CNC2CCCC2)cc1. The Bertz CT molecular complexity index is 425. The number of carbonyl (C=O) groups is 1. The lowest BCUT2D eigenvalue weighted by atomic mass is 10.1. The summed E-state index contributed by atoms with van der Waals surface area (Å²) >= 11 is 0. The van der Waals surface area contributed by atoms with E-state index in [9.17, 15) is 4.79 Å². The highest BCUT2D eigenvalue weighted by atomic mass is 16.5. The van der Waals surface area contributed by atoms with Crippen molar-refractivity contribution in [1.82, 2.24) is 10.6 Å². The molecule has 1 fully saturated rings. The van der Waals surface area contributed by atoms with E-state index in [2.05, 4.69) is 10.6 Å². The summed E-state index contributed by atoms with van der Waals surface area (Å²) in [7, 11) is 1.65. The first-order chi connectivity index (χ1) is 9.69. The summed E-state index contributed by atoms with van der Waals surface area (Å²) in [5.74, 6) is 0.885. The first-order valence-corrected chi connectivity index (χ1v) is 7.35. The van der Waals surface area contributed by atoms with Gasteiger partial charge in [0.1, 0.15) is 5.75 Å². The number of ether oxygens (including phenoxy) is 1. The molecule has 0 bridgehead atoms. The molecule has 2 N–H and O–H groups in total. The van der Waals surface area contributed by atoms with E-state index in [1.54, 1.807) is 7.11 Å². The Morgan fingerprint density at radius 1 is 1.30 bits per heavy atom. The fourth-order valence-corrected chi connectivity index (χ4v) is 2.64. The van der Waals surface area contributed by atoms with E-state index in [1.807, 2.05) is 31.2 Å². The van der Waals surface area contributed by atoms with Crippen LogP contribution in [0.4, 0.5) is 0 Å². The standard InChI is InChI=1S/C16H24N2O2/c1-12(13-7-9-15(20-2)10-8-13)18-16(19)11-17-14-5-3-4-6-14/h7-10,12,14,17H,3-6,11H2,1-2H3,(H,18,19)/t12-/m0/s1. The van der Waals surface area contributed by atoms with Gasteiger partial charge in [0, 0.05) is 6.04 Å². The van der Waals surface area contributed by atoms with Crippen molar-refractivity contribution >= 4 is 5.91 Å². The van der Waals surface area contributed by atoms with Crippen LogP contribution in [0.1, 0.15) is 44.2 Å². The molecule has 4 heteroatoms. The average molecular weight is 276 g/mol. The summed E-state index contributed by atoms with van der Waals surface area (Å²) < 4.78 is 5.13. The second-order valence-electron chi connectivity index (χ2n) is 5.42. The maximum Gasteiger partial charge on any atom is 0.234 e. The summed E-state index contributed by atoms with van der Waals surface area (Å²) in [4.78, 5) is 11.9. The third-order valence-electron chi connectivity index (χ3n) is 3.90. The molecule has 0 spiro atoms.